The van der Waals surface area contributed by atoms with Crippen molar-refractivity contribution >= 4 is 5.69 Å². The van der Waals surface area contributed by atoms with Crippen LogP contribution in [0.3, 0.4) is 0 Å². The quantitative estimate of drug-likeness (QED) is 0.908. The number of hydrogen-bond donors (Lipinski definition) is 1. The summed E-state index contributed by atoms with van der Waals surface area (Å²) in [6, 6.07) is 6.95. The number of hydrogen-bond acceptors (Lipinski definition) is 3. The Morgan fingerprint density at radius 2 is 2.05 bits per heavy atom. The summed E-state index contributed by atoms with van der Waals surface area (Å²) in [4.78, 5) is 2.42. The van der Waals surface area contributed by atoms with Crippen molar-refractivity contribution in [3.63, 3.8) is 0 Å². The summed E-state index contributed by atoms with van der Waals surface area (Å²) in [5.41, 5.74) is 2.51. The number of aryl methyl sites for hydroxylation is 1. The molecule has 1 heterocycles. The van der Waals surface area contributed by atoms with Gasteiger partial charge in [-0.15, -0.1) is 0 Å². The van der Waals surface area contributed by atoms with Crippen LogP contribution in [0.1, 0.15) is 38.7 Å². The molecule has 1 aromatic carbocycles. The molecule has 0 bridgehead atoms. The molecule has 0 saturated carbocycles. The molecule has 112 valence electrons. The average Bonchev–Trinajstić information content (AvgIpc) is 2.57. The van der Waals surface area contributed by atoms with E-state index in [4.69, 9.17) is 4.74 Å². The molecule has 3 nitrogen and oxygen atoms in total. The summed E-state index contributed by atoms with van der Waals surface area (Å²) in [6.45, 7) is 8.68. The van der Waals surface area contributed by atoms with Crippen LogP contribution in [0.25, 0.3) is 0 Å². The Bertz CT molecular complexity index is 431. The van der Waals surface area contributed by atoms with Gasteiger partial charge in [-0.2, -0.15) is 0 Å². The summed E-state index contributed by atoms with van der Waals surface area (Å²) >= 11 is 0. The average molecular weight is 276 g/mol. The zero-order valence-corrected chi connectivity index (χ0v) is 13.3. The van der Waals surface area contributed by atoms with Gasteiger partial charge in [-0.3, -0.25) is 0 Å². The van der Waals surface area contributed by atoms with Crippen LogP contribution in [-0.4, -0.2) is 37.2 Å². The smallest absolute Gasteiger partial charge is 0.120 e. The number of nitrogens with zero attached hydrogens (tertiary/aromatic N) is 1. The van der Waals surface area contributed by atoms with Gasteiger partial charge in [0.2, 0.25) is 0 Å². The zero-order chi connectivity index (χ0) is 14.5. The van der Waals surface area contributed by atoms with Gasteiger partial charge < -0.3 is 15.0 Å². The lowest BCUT2D eigenvalue weighted by atomic mass is 10.1. The molecular weight excluding hydrogens is 248 g/mol. The Balaban J connectivity index is 1.98. The van der Waals surface area contributed by atoms with Gasteiger partial charge >= 0.3 is 0 Å². The Hall–Kier alpha value is -1.22. The van der Waals surface area contributed by atoms with Crippen molar-refractivity contribution in [2.75, 3.05) is 25.5 Å². The first-order valence-corrected chi connectivity index (χ1v) is 7.77. The van der Waals surface area contributed by atoms with Crippen LogP contribution >= 0.6 is 0 Å². The topological polar surface area (TPSA) is 24.5 Å². The van der Waals surface area contributed by atoms with Crippen LogP contribution in [-0.2, 0) is 0 Å². The maximum Gasteiger partial charge on any atom is 0.120 e. The molecule has 0 amide bonds. The van der Waals surface area contributed by atoms with Crippen molar-refractivity contribution in [1.29, 1.82) is 0 Å². The molecule has 1 aromatic rings. The second-order valence-corrected chi connectivity index (χ2v) is 6.22. The highest BCUT2D eigenvalue weighted by Gasteiger charge is 2.15. The lowest BCUT2D eigenvalue weighted by molar-refractivity contribution is 0.242. The molecule has 1 unspecified atom stereocenters. The maximum absolute atomic E-state index is 5.74. The molecule has 0 aromatic heterocycles. The molecule has 1 atom stereocenters. The standard InChI is InChI=1S/C17H28N2O/c1-13(2)20-16-7-8-17(14(3)12-16)18-15-6-5-10-19(4)11-9-15/h7-8,12-13,15,18H,5-6,9-11H2,1-4H3. The lowest BCUT2D eigenvalue weighted by Gasteiger charge is -2.20. The molecule has 1 aliphatic rings. The van der Waals surface area contributed by atoms with Crippen molar-refractivity contribution in [3.05, 3.63) is 23.8 Å². The molecule has 1 aliphatic heterocycles. The van der Waals surface area contributed by atoms with Crippen LogP contribution in [0.15, 0.2) is 18.2 Å². The normalized spacial score (nSPS) is 20.8. The van der Waals surface area contributed by atoms with Gasteiger partial charge in [0.15, 0.2) is 0 Å². The van der Waals surface area contributed by atoms with E-state index >= 15 is 0 Å². The van der Waals surface area contributed by atoms with Gasteiger partial charge in [-0.1, -0.05) is 0 Å². The molecular formula is C17H28N2O. The highest BCUT2D eigenvalue weighted by molar-refractivity contribution is 5.54. The van der Waals surface area contributed by atoms with Gasteiger partial charge in [0.05, 0.1) is 6.10 Å². The number of likely N-dealkylation sites (tertiary alicyclic amines) is 1. The zero-order valence-electron chi connectivity index (χ0n) is 13.3. The van der Waals surface area contributed by atoms with Gasteiger partial charge in [-0.05, 0) is 83.9 Å². The predicted molar refractivity (Wildman–Crippen MR) is 85.7 cm³/mol. The monoisotopic (exact) mass is 276 g/mol. The van der Waals surface area contributed by atoms with E-state index in [0.29, 0.717) is 6.04 Å². The highest BCUT2D eigenvalue weighted by Crippen LogP contribution is 2.24. The Morgan fingerprint density at radius 3 is 2.75 bits per heavy atom. The summed E-state index contributed by atoms with van der Waals surface area (Å²) in [6.07, 6.45) is 3.99. The Morgan fingerprint density at radius 1 is 1.25 bits per heavy atom. The Kier molecular flexibility index (Phi) is 5.30. The molecule has 0 radical (unpaired) electrons. The molecule has 1 N–H and O–H groups in total. The van der Waals surface area contributed by atoms with E-state index in [1.54, 1.807) is 0 Å². The molecule has 1 saturated heterocycles. The minimum absolute atomic E-state index is 0.227. The third-order valence-electron chi connectivity index (χ3n) is 3.88. The van der Waals surface area contributed by atoms with Crippen molar-refractivity contribution in [2.45, 2.75) is 52.2 Å². The van der Waals surface area contributed by atoms with Gasteiger partial charge in [0.25, 0.3) is 0 Å². The van der Waals surface area contributed by atoms with Crippen LogP contribution < -0.4 is 10.1 Å². The van der Waals surface area contributed by atoms with E-state index in [1.165, 1.54) is 43.6 Å². The van der Waals surface area contributed by atoms with E-state index in [9.17, 15) is 0 Å². The third-order valence-corrected chi connectivity index (χ3v) is 3.88. The Labute approximate surface area is 123 Å². The largest absolute Gasteiger partial charge is 0.491 e. The molecule has 20 heavy (non-hydrogen) atoms. The molecule has 2 rings (SSSR count). The summed E-state index contributed by atoms with van der Waals surface area (Å²) in [5.74, 6) is 0.962. The van der Waals surface area contributed by atoms with Crippen molar-refractivity contribution < 1.29 is 4.74 Å². The van der Waals surface area contributed by atoms with Crippen LogP contribution in [0.5, 0.6) is 5.75 Å². The first kappa shape index (κ1) is 15.2. The predicted octanol–water partition coefficient (Wildman–Crippen LogP) is 3.68. The van der Waals surface area contributed by atoms with Crippen LogP contribution in [0.4, 0.5) is 5.69 Å². The third kappa shape index (κ3) is 4.41. The number of rotatable bonds is 4. The van der Waals surface area contributed by atoms with Gasteiger partial charge in [0.1, 0.15) is 5.75 Å². The summed E-state index contributed by atoms with van der Waals surface area (Å²) in [5, 5.41) is 3.71. The fourth-order valence-electron chi connectivity index (χ4n) is 2.75. The fraction of sp³-hybridized carbons (Fsp3) is 0.647. The first-order valence-electron chi connectivity index (χ1n) is 7.77. The van der Waals surface area contributed by atoms with E-state index in [-0.39, 0.29) is 6.10 Å². The first-order chi connectivity index (χ1) is 9.54. The van der Waals surface area contributed by atoms with E-state index in [0.717, 1.165) is 5.75 Å². The molecule has 3 heteroatoms. The molecule has 0 spiro atoms. The second kappa shape index (κ2) is 6.98. The minimum Gasteiger partial charge on any atom is -0.491 e. The second-order valence-electron chi connectivity index (χ2n) is 6.22. The fourth-order valence-corrected chi connectivity index (χ4v) is 2.75. The SMILES string of the molecule is Cc1cc(OC(C)C)ccc1NC1CCCN(C)CC1. The molecule has 1 fully saturated rings. The summed E-state index contributed by atoms with van der Waals surface area (Å²) in [7, 11) is 2.21. The van der Waals surface area contributed by atoms with E-state index in [2.05, 4.69) is 56.2 Å². The van der Waals surface area contributed by atoms with E-state index < -0.39 is 0 Å². The number of benzene rings is 1. The number of nitrogens with one attached hydrogen (secondary N) is 1. The van der Waals surface area contributed by atoms with Gasteiger partial charge in [0, 0.05) is 11.7 Å². The van der Waals surface area contributed by atoms with Crippen molar-refractivity contribution in [1.82, 2.24) is 4.90 Å². The van der Waals surface area contributed by atoms with Crippen LogP contribution in [0.2, 0.25) is 0 Å². The van der Waals surface area contributed by atoms with Crippen molar-refractivity contribution in [3.8, 4) is 5.75 Å². The number of anilines is 1. The molecule has 0 aliphatic carbocycles. The minimum atomic E-state index is 0.227. The highest BCUT2D eigenvalue weighted by atomic mass is 16.5. The maximum atomic E-state index is 5.74. The summed E-state index contributed by atoms with van der Waals surface area (Å²) < 4.78 is 5.74. The van der Waals surface area contributed by atoms with Crippen LogP contribution in [0, 0.1) is 6.92 Å². The van der Waals surface area contributed by atoms with E-state index in [1.807, 2.05) is 0 Å². The van der Waals surface area contributed by atoms with Crippen molar-refractivity contribution in [2.24, 2.45) is 0 Å². The van der Waals surface area contributed by atoms with Gasteiger partial charge in [-0.25, -0.2) is 0 Å². The number of ether oxygens (including phenoxy) is 1. The lowest BCUT2D eigenvalue weighted by Crippen LogP contribution is -2.23.